The third-order valence-electron chi connectivity index (χ3n) is 4.25. The van der Waals surface area contributed by atoms with E-state index in [-0.39, 0.29) is 11.5 Å². The molecule has 1 unspecified atom stereocenters. The summed E-state index contributed by atoms with van der Waals surface area (Å²) in [7, 11) is 0. The van der Waals surface area contributed by atoms with Gasteiger partial charge in [-0.2, -0.15) is 0 Å². The highest BCUT2D eigenvalue weighted by Crippen LogP contribution is 2.34. The lowest BCUT2D eigenvalue weighted by atomic mass is 9.84. The zero-order valence-corrected chi connectivity index (χ0v) is 12.6. The van der Waals surface area contributed by atoms with Gasteiger partial charge in [0.1, 0.15) is 0 Å². The molecule has 1 amide bonds. The van der Waals surface area contributed by atoms with Gasteiger partial charge in [0.25, 0.3) is 0 Å². The van der Waals surface area contributed by atoms with Crippen LogP contribution in [0.5, 0.6) is 0 Å². The molecule has 0 bridgehead atoms. The van der Waals surface area contributed by atoms with Crippen molar-refractivity contribution < 1.29 is 14.3 Å². The van der Waals surface area contributed by atoms with Gasteiger partial charge in [0.15, 0.2) is 0 Å². The topological polar surface area (TPSA) is 59.6 Å². The van der Waals surface area contributed by atoms with Gasteiger partial charge in [-0.3, -0.25) is 4.79 Å². The average molecular weight is 284 g/mol. The maximum absolute atomic E-state index is 11.5. The van der Waals surface area contributed by atoms with Crippen molar-refractivity contribution in [2.75, 3.05) is 32.9 Å². The summed E-state index contributed by atoms with van der Waals surface area (Å²) < 4.78 is 11.4. The second-order valence-corrected chi connectivity index (χ2v) is 5.89. The predicted octanol–water partition coefficient (Wildman–Crippen LogP) is 1.22. The number of nitrogens with one attached hydrogen (secondary N) is 2. The zero-order chi connectivity index (χ0) is 14.3. The second kappa shape index (κ2) is 7.96. The molecular formula is C15H28N2O3. The van der Waals surface area contributed by atoms with Crippen LogP contribution in [0, 0.1) is 0 Å². The van der Waals surface area contributed by atoms with E-state index in [1.807, 2.05) is 0 Å². The van der Waals surface area contributed by atoms with E-state index in [0.717, 1.165) is 65.0 Å². The smallest absolute Gasteiger partial charge is 0.221 e. The standard InChI is InChI=1S/C15H28N2O3/c1-2-7-17-14(18)3-8-16-13-4-9-20-15(12-13)5-10-19-11-6-15/h13,16H,2-12H2,1H3,(H,17,18). The molecule has 2 fully saturated rings. The number of amides is 1. The quantitative estimate of drug-likeness (QED) is 0.770. The van der Waals surface area contributed by atoms with Crippen LogP contribution in [-0.2, 0) is 14.3 Å². The summed E-state index contributed by atoms with van der Waals surface area (Å²) in [6.45, 7) is 6.04. The maximum atomic E-state index is 11.5. The van der Waals surface area contributed by atoms with Crippen LogP contribution < -0.4 is 10.6 Å². The van der Waals surface area contributed by atoms with E-state index in [0.29, 0.717) is 12.5 Å². The molecule has 0 radical (unpaired) electrons. The molecule has 2 heterocycles. The van der Waals surface area contributed by atoms with Crippen LogP contribution in [0.25, 0.3) is 0 Å². The predicted molar refractivity (Wildman–Crippen MR) is 77.7 cm³/mol. The molecule has 2 rings (SSSR count). The Labute approximate surface area is 121 Å². The third kappa shape index (κ3) is 4.72. The first-order valence-corrected chi connectivity index (χ1v) is 7.96. The van der Waals surface area contributed by atoms with E-state index in [9.17, 15) is 4.79 Å². The van der Waals surface area contributed by atoms with Gasteiger partial charge in [0.05, 0.1) is 5.60 Å². The third-order valence-corrected chi connectivity index (χ3v) is 4.25. The number of hydrogen-bond donors (Lipinski definition) is 2. The Bertz CT molecular complexity index is 298. The van der Waals surface area contributed by atoms with Crippen LogP contribution >= 0.6 is 0 Å². The summed E-state index contributed by atoms with van der Waals surface area (Å²) in [6.07, 6.45) is 5.65. The highest BCUT2D eigenvalue weighted by molar-refractivity contribution is 5.75. The van der Waals surface area contributed by atoms with Crippen molar-refractivity contribution in [2.45, 2.75) is 57.1 Å². The lowest BCUT2D eigenvalue weighted by Gasteiger charge is -2.43. The highest BCUT2D eigenvalue weighted by Gasteiger charge is 2.38. The van der Waals surface area contributed by atoms with E-state index in [1.54, 1.807) is 0 Å². The second-order valence-electron chi connectivity index (χ2n) is 5.89. The summed E-state index contributed by atoms with van der Waals surface area (Å²) in [4.78, 5) is 11.5. The maximum Gasteiger partial charge on any atom is 0.221 e. The van der Waals surface area contributed by atoms with Crippen molar-refractivity contribution in [3.8, 4) is 0 Å². The normalized spacial score (nSPS) is 25.6. The molecule has 20 heavy (non-hydrogen) atoms. The van der Waals surface area contributed by atoms with Gasteiger partial charge in [-0.25, -0.2) is 0 Å². The first-order chi connectivity index (χ1) is 9.74. The molecule has 0 aliphatic carbocycles. The lowest BCUT2D eigenvalue weighted by molar-refractivity contribution is -0.140. The van der Waals surface area contributed by atoms with Crippen molar-refractivity contribution in [3.63, 3.8) is 0 Å². The van der Waals surface area contributed by atoms with Crippen molar-refractivity contribution >= 4 is 5.91 Å². The van der Waals surface area contributed by atoms with Gasteiger partial charge in [-0.1, -0.05) is 6.92 Å². The summed E-state index contributed by atoms with van der Waals surface area (Å²) in [5.74, 6) is 0.146. The number of hydrogen-bond acceptors (Lipinski definition) is 4. The molecular weight excluding hydrogens is 256 g/mol. The molecule has 5 heteroatoms. The van der Waals surface area contributed by atoms with Crippen molar-refractivity contribution in [2.24, 2.45) is 0 Å². The van der Waals surface area contributed by atoms with Gasteiger partial charge < -0.3 is 20.1 Å². The Balaban J connectivity index is 1.66. The summed E-state index contributed by atoms with van der Waals surface area (Å²) in [5.41, 5.74) is 0.0264. The van der Waals surface area contributed by atoms with Crippen LogP contribution in [0.2, 0.25) is 0 Å². The van der Waals surface area contributed by atoms with Crippen molar-refractivity contribution in [3.05, 3.63) is 0 Å². The summed E-state index contributed by atoms with van der Waals surface area (Å²) >= 11 is 0. The molecule has 0 aromatic carbocycles. The fourth-order valence-electron chi connectivity index (χ4n) is 3.04. The Morgan fingerprint density at radius 2 is 2.05 bits per heavy atom. The molecule has 2 saturated heterocycles. The van der Waals surface area contributed by atoms with Gasteiger partial charge in [0.2, 0.25) is 5.91 Å². The number of carbonyl (C=O) groups is 1. The molecule has 1 atom stereocenters. The minimum atomic E-state index is 0.0264. The Morgan fingerprint density at radius 3 is 2.80 bits per heavy atom. The Kier molecular flexibility index (Phi) is 6.26. The first-order valence-electron chi connectivity index (χ1n) is 7.96. The highest BCUT2D eigenvalue weighted by atomic mass is 16.5. The Hall–Kier alpha value is -0.650. The zero-order valence-electron chi connectivity index (χ0n) is 12.6. The summed E-state index contributed by atoms with van der Waals surface area (Å²) in [6, 6.07) is 0.473. The SMILES string of the molecule is CCCNC(=O)CCNC1CCOC2(CCOCC2)C1. The van der Waals surface area contributed by atoms with Gasteiger partial charge in [0, 0.05) is 45.4 Å². The largest absolute Gasteiger partial charge is 0.381 e. The molecule has 116 valence electrons. The van der Waals surface area contributed by atoms with Crippen molar-refractivity contribution in [1.82, 2.24) is 10.6 Å². The molecule has 2 aliphatic heterocycles. The average Bonchev–Trinajstić information content (AvgIpc) is 2.46. The van der Waals surface area contributed by atoms with Gasteiger partial charge in [-0.15, -0.1) is 0 Å². The number of rotatable bonds is 6. The minimum absolute atomic E-state index is 0.0264. The fourth-order valence-corrected chi connectivity index (χ4v) is 3.04. The lowest BCUT2D eigenvalue weighted by Crippen LogP contribution is -2.50. The molecule has 2 N–H and O–H groups in total. The summed E-state index contributed by atoms with van der Waals surface area (Å²) in [5, 5.41) is 6.43. The van der Waals surface area contributed by atoms with E-state index >= 15 is 0 Å². The van der Waals surface area contributed by atoms with Crippen LogP contribution in [0.1, 0.15) is 45.4 Å². The van der Waals surface area contributed by atoms with E-state index in [4.69, 9.17) is 9.47 Å². The molecule has 0 saturated carbocycles. The van der Waals surface area contributed by atoms with E-state index < -0.39 is 0 Å². The molecule has 0 aromatic rings. The molecule has 5 nitrogen and oxygen atoms in total. The Morgan fingerprint density at radius 1 is 1.25 bits per heavy atom. The van der Waals surface area contributed by atoms with Gasteiger partial charge in [-0.05, 0) is 32.1 Å². The molecule has 0 aromatic heterocycles. The van der Waals surface area contributed by atoms with E-state index in [1.165, 1.54) is 0 Å². The van der Waals surface area contributed by atoms with Crippen LogP contribution in [0.15, 0.2) is 0 Å². The van der Waals surface area contributed by atoms with Crippen LogP contribution in [-0.4, -0.2) is 50.5 Å². The first kappa shape index (κ1) is 15.7. The van der Waals surface area contributed by atoms with E-state index in [2.05, 4.69) is 17.6 Å². The fraction of sp³-hybridized carbons (Fsp3) is 0.933. The minimum Gasteiger partial charge on any atom is -0.381 e. The molecule has 2 aliphatic rings. The monoisotopic (exact) mass is 284 g/mol. The molecule has 1 spiro atoms. The van der Waals surface area contributed by atoms with Crippen molar-refractivity contribution in [1.29, 1.82) is 0 Å². The van der Waals surface area contributed by atoms with Gasteiger partial charge >= 0.3 is 0 Å². The van der Waals surface area contributed by atoms with Crippen LogP contribution in [0.3, 0.4) is 0 Å². The number of carbonyl (C=O) groups excluding carboxylic acids is 1. The van der Waals surface area contributed by atoms with Crippen LogP contribution in [0.4, 0.5) is 0 Å². The number of ether oxygens (including phenoxy) is 2.